The van der Waals surface area contributed by atoms with E-state index in [1.807, 2.05) is 6.07 Å². The number of carbonyl (C=O) groups is 1. The molecular weight excluding hydrogens is 378 g/mol. The summed E-state index contributed by atoms with van der Waals surface area (Å²) in [6.07, 6.45) is -10.0. The zero-order valence-electron chi connectivity index (χ0n) is 13.3. The minimum atomic E-state index is -5.02. The molecule has 2 aromatic rings. The predicted octanol–water partition coefficient (Wildman–Crippen LogP) is 4.61. The van der Waals surface area contributed by atoms with Crippen LogP contribution in [0, 0.1) is 11.3 Å². The van der Waals surface area contributed by atoms with Gasteiger partial charge in [0, 0.05) is 0 Å². The first-order valence-corrected chi connectivity index (χ1v) is 7.22. The van der Waals surface area contributed by atoms with Crippen molar-refractivity contribution in [1.82, 2.24) is 0 Å². The molecule has 10 heteroatoms. The van der Waals surface area contributed by atoms with Gasteiger partial charge in [-0.05, 0) is 30.3 Å². The van der Waals surface area contributed by atoms with Crippen LogP contribution in [-0.2, 0) is 17.1 Å². The van der Waals surface area contributed by atoms with Gasteiger partial charge < -0.3 is 10.1 Å². The molecule has 0 aliphatic carbocycles. The SMILES string of the molecule is N#Cc1ccccc1NC(=O)COc1cc(C(F)(F)F)cc(C(F)(F)F)c1. The van der Waals surface area contributed by atoms with Gasteiger partial charge in [0.25, 0.3) is 5.91 Å². The van der Waals surface area contributed by atoms with Gasteiger partial charge in [-0.3, -0.25) is 4.79 Å². The minimum Gasteiger partial charge on any atom is -0.484 e. The van der Waals surface area contributed by atoms with Crippen LogP contribution in [0.1, 0.15) is 16.7 Å². The molecule has 0 heterocycles. The van der Waals surface area contributed by atoms with Gasteiger partial charge in [-0.25, -0.2) is 0 Å². The molecule has 0 saturated heterocycles. The third kappa shape index (κ3) is 5.37. The van der Waals surface area contributed by atoms with Crippen LogP contribution in [0.25, 0.3) is 0 Å². The first-order valence-electron chi connectivity index (χ1n) is 7.22. The van der Waals surface area contributed by atoms with Gasteiger partial charge in [-0.2, -0.15) is 31.6 Å². The molecule has 2 aromatic carbocycles. The van der Waals surface area contributed by atoms with E-state index in [4.69, 9.17) is 10.00 Å². The summed E-state index contributed by atoms with van der Waals surface area (Å²) in [4.78, 5) is 11.8. The fourth-order valence-corrected chi connectivity index (χ4v) is 2.03. The van der Waals surface area contributed by atoms with E-state index in [0.717, 1.165) is 0 Å². The zero-order chi connectivity index (χ0) is 20.2. The number of rotatable bonds is 4. The van der Waals surface area contributed by atoms with Gasteiger partial charge in [0.2, 0.25) is 0 Å². The summed E-state index contributed by atoms with van der Waals surface area (Å²) >= 11 is 0. The van der Waals surface area contributed by atoms with Crippen molar-refractivity contribution in [2.45, 2.75) is 12.4 Å². The van der Waals surface area contributed by atoms with Crippen LogP contribution < -0.4 is 10.1 Å². The second-order valence-electron chi connectivity index (χ2n) is 5.24. The molecule has 0 aromatic heterocycles. The van der Waals surface area contributed by atoms with E-state index in [0.29, 0.717) is 12.1 Å². The smallest absolute Gasteiger partial charge is 0.416 e. The van der Waals surface area contributed by atoms with Gasteiger partial charge in [0.05, 0.1) is 22.4 Å². The van der Waals surface area contributed by atoms with Gasteiger partial charge in [-0.15, -0.1) is 0 Å². The van der Waals surface area contributed by atoms with Crippen molar-refractivity contribution in [3.63, 3.8) is 0 Å². The summed E-state index contributed by atoms with van der Waals surface area (Å²) in [5.41, 5.74) is -2.84. The number of nitrogens with zero attached hydrogens (tertiary/aromatic N) is 1. The number of amides is 1. The molecule has 0 atom stereocenters. The summed E-state index contributed by atoms with van der Waals surface area (Å²) in [5.74, 6) is -1.62. The quantitative estimate of drug-likeness (QED) is 0.778. The topological polar surface area (TPSA) is 62.1 Å². The fraction of sp³-hybridized carbons (Fsp3) is 0.176. The van der Waals surface area contributed by atoms with E-state index >= 15 is 0 Å². The lowest BCUT2D eigenvalue weighted by Gasteiger charge is -2.15. The van der Waals surface area contributed by atoms with Crippen molar-refractivity contribution in [3.05, 3.63) is 59.2 Å². The summed E-state index contributed by atoms with van der Waals surface area (Å²) in [6, 6.07) is 8.40. The van der Waals surface area contributed by atoms with E-state index in [1.165, 1.54) is 18.2 Å². The number of halogens is 6. The molecule has 1 amide bonds. The standard InChI is InChI=1S/C17H10F6N2O2/c18-16(19,20)11-5-12(17(21,22)23)7-13(6-11)27-9-15(26)25-14-4-2-1-3-10(14)8-24/h1-7H,9H2,(H,25,26). The summed E-state index contributed by atoms with van der Waals surface area (Å²) < 4.78 is 81.4. The third-order valence-electron chi connectivity index (χ3n) is 3.25. The maximum Gasteiger partial charge on any atom is 0.416 e. The Hall–Kier alpha value is -3.22. The number of alkyl halides is 6. The molecule has 0 saturated carbocycles. The highest BCUT2D eigenvalue weighted by molar-refractivity contribution is 5.93. The monoisotopic (exact) mass is 388 g/mol. The Morgan fingerprint density at radius 3 is 2.07 bits per heavy atom. The molecule has 0 fully saturated rings. The molecule has 0 unspecified atom stereocenters. The molecule has 4 nitrogen and oxygen atoms in total. The normalized spacial score (nSPS) is 11.6. The molecule has 0 spiro atoms. The number of carbonyl (C=O) groups excluding carboxylic acids is 1. The number of benzene rings is 2. The van der Waals surface area contributed by atoms with Gasteiger partial charge >= 0.3 is 12.4 Å². The Balaban J connectivity index is 2.17. The third-order valence-corrected chi connectivity index (χ3v) is 3.25. The molecule has 0 aliphatic heterocycles. The first-order chi connectivity index (χ1) is 12.5. The van der Waals surface area contributed by atoms with Crippen LogP contribution >= 0.6 is 0 Å². The first kappa shape index (κ1) is 20.1. The molecule has 2 rings (SSSR count). The van der Waals surface area contributed by atoms with Crippen molar-refractivity contribution in [3.8, 4) is 11.8 Å². The Morgan fingerprint density at radius 2 is 1.56 bits per heavy atom. The van der Waals surface area contributed by atoms with Crippen LogP contribution in [0.5, 0.6) is 5.75 Å². The van der Waals surface area contributed by atoms with E-state index in [9.17, 15) is 31.1 Å². The zero-order valence-corrected chi connectivity index (χ0v) is 13.3. The van der Waals surface area contributed by atoms with Crippen LogP contribution in [0.15, 0.2) is 42.5 Å². The Labute approximate surface area is 149 Å². The molecule has 0 aliphatic rings. The van der Waals surface area contributed by atoms with E-state index in [2.05, 4.69) is 5.32 Å². The highest BCUT2D eigenvalue weighted by Gasteiger charge is 2.37. The van der Waals surface area contributed by atoms with E-state index < -0.39 is 41.7 Å². The Morgan fingerprint density at radius 1 is 1.00 bits per heavy atom. The highest BCUT2D eigenvalue weighted by Crippen LogP contribution is 2.38. The van der Waals surface area contributed by atoms with Gasteiger partial charge in [0.1, 0.15) is 11.8 Å². The number of para-hydroxylation sites is 1. The van der Waals surface area contributed by atoms with Crippen molar-refractivity contribution < 1.29 is 35.9 Å². The fourth-order valence-electron chi connectivity index (χ4n) is 2.03. The molecule has 142 valence electrons. The number of nitrogens with one attached hydrogen (secondary N) is 1. The van der Waals surface area contributed by atoms with Crippen molar-refractivity contribution >= 4 is 11.6 Å². The molecule has 27 heavy (non-hydrogen) atoms. The van der Waals surface area contributed by atoms with Crippen LogP contribution in [-0.4, -0.2) is 12.5 Å². The lowest BCUT2D eigenvalue weighted by Crippen LogP contribution is -2.21. The number of nitriles is 1. The van der Waals surface area contributed by atoms with Crippen molar-refractivity contribution in [2.75, 3.05) is 11.9 Å². The van der Waals surface area contributed by atoms with Crippen LogP contribution in [0.3, 0.4) is 0 Å². The second kappa shape index (κ2) is 7.57. The number of hydrogen-bond acceptors (Lipinski definition) is 3. The maximum absolute atomic E-state index is 12.8. The van der Waals surface area contributed by atoms with Crippen molar-refractivity contribution in [2.24, 2.45) is 0 Å². The highest BCUT2D eigenvalue weighted by atomic mass is 19.4. The Kier molecular flexibility index (Phi) is 5.64. The van der Waals surface area contributed by atoms with Crippen LogP contribution in [0.2, 0.25) is 0 Å². The average molecular weight is 388 g/mol. The molecular formula is C17H10F6N2O2. The van der Waals surface area contributed by atoms with E-state index in [1.54, 1.807) is 6.07 Å². The molecule has 0 bridgehead atoms. The summed E-state index contributed by atoms with van der Waals surface area (Å²) in [5, 5.41) is 11.2. The number of ether oxygens (including phenoxy) is 1. The summed E-state index contributed by atoms with van der Waals surface area (Å²) in [7, 11) is 0. The van der Waals surface area contributed by atoms with Gasteiger partial charge in [0.15, 0.2) is 6.61 Å². The number of hydrogen-bond donors (Lipinski definition) is 1. The minimum absolute atomic E-state index is 0.0455. The lowest BCUT2D eigenvalue weighted by molar-refractivity contribution is -0.143. The lowest BCUT2D eigenvalue weighted by atomic mass is 10.1. The maximum atomic E-state index is 12.8. The molecule has 1 N–H and O–H groups in total. The van der Waals surface area contributed by atoms with E-state index in [-0.39, 0.29) is 17.3 Å². The second-order valence-corrected chi connectivity index (χ2v) is 5.24. The summed E-state index contributed by atoms with van der Waals surface area (Å²) in [6.45, 7) is -0.849. The molecule has 0 radical (unpaired) electrons. The van der Waals surface area contributed by atoms with Gasteiger partial charge in [-0.1, -0.05) is 12.1 Å². The Bertz CT molecular complexity index is 852. The average Bonchev–Trinajstić information content (AvgIpc) is 2.58. The largest absolute Gasteiger partial charge is 0.484 e. The van der Waals surface area contributed by atoms with Crippen molar-refractivity contribution in [1.29, 1.82) is 5.26 Å². The van der Waals surface area contributed by atoms with Crippen LogP contribution in [0.4, 0.5) is 32.0 Å². The number of anilines is 1. The predicted molar refractivity (Wildman–Crippen MR) is 81.7 cm³/mol.